The molecule has 0 saturated carbocycles. The predicted molar refractivity (Wildman–Crippen MR) is 58.2 cm³/mol. The van der Waals surface area contributed by atoms with Crippen molar-refractivity contribution >= 4 is 5.97 Å². The summed E-state index contributed by atoms with van der Waals surface area (Å²) in [5.74, 6) is 0.0343. The van der Waals surface area contributed by atoms with E-state index in [-0.39, 0.29) is 18.0 Å². The number of ether oxygens (including phenoxy) is 1. The molecule has 0 amide bonds. The van der Waals surface area contributed by atoms with E-state index in [1.807, 2.05) is 36.4 Å². The van der Waals surface area contributed by atoms with Crippen LogP contribution in [0.4, 0.5) is 0 Å². The fraction of sp³-hybridized carbons (Fsp3) is 0.308. The van der Waals surface area contributed by atoms with Crippen LogP contribution in [0.1, 0.15) is 25.5 Å². The first-order chi connectivity index (χ1) is 7.18. The molecule has 2 nitrogen and oxygen atoms in total. The molecule has 0 spiro atoms. The van der Waals surface area contributed by atoms with Crippen molar-refractivity contribution in [2.75, 3.05) is 0 Å². The van der Waals surface area contributed by atoms with Gasteiger partial charge in [-0.3, -0.25) is 0 Å². The van der Waals surface area contributed by atoms with E-state index in [1.165, 1.54) is 0 Å². The van der Waals surface area contributed by atoms with Gasteiger partial charge in [-0.15, -0.1) is 0 Å². The van der Waals surface area contributed by atoms with Gasteiger partial charge in [0.25, 0.3) is 0 Å². The molecule has 2 rings (SSSR count). The van der Waals surface area contributed by atoms with Crippen LogP contribution in [0.3, 0.4) is 0 Å². The van der Waals surface area contributed by atoms with E-state index in [2.05, 4.69) is 6.92 Å². The van der Waals surface area contributed by atoms with Crippen molar-refractivity contribution in [1.29, 1.82) is 0 Å². The maximum absolute atomic E-state index is 11.4. The lowest BCUT2D eigenvalue weighted by molar-refractivity contribution is -0.148. The molecule has 15 heavy (non-hydrogen) atoms. The lowest BCUT2D eigenvalue weighted by atomic mass is 9.93. The van der Waals surface area contributed by atoms with E-state index in [9.17, 15) is 4.79 Å². The van der Waals surface area contributed by atoms with Crippen molar-refractivity contribution in [1.82, 2.24) is 0 Å². The Bertz CT molecular complexity index is 392. The van der Waals surface area contributed by atoms with Gasteiger partial charge in [0.05, 0.1) is 0 Å². The fourth-order valence-electron chi connectivity index (χ4n) is 1.88. The minimum atomic E-state index is -0.207. The standard InChI is InChI=1S/C13H14O2/c1-9-8-10(2)13(14)15-12(9)11-6-4-3-5-7-11/h3-9,12H,1-2H3/t9-,12+/m1/s1. The number of cyclic esters (lactones) is 1. The van der Waals surface area contributed by atoms with Crippen molar-refractivity contribution in [3.63, 3.8) is 0 Å². The van der Waals surface area contributed by atoms with Crippen molar-refractivity contribution in [2.24, 2.45) is 5.92 Å². The van der Waals surface area contributed by atoms with Crippen LogP contribution in [0.2, 0.25) is 0 Å². The third kappa shape index (κ3) is 1.94. The molecule has 1 aliphatic heterocycles. The van der Waals surface area contributed by atoms with Crippen LogP contribution in [-0.4, -0.2) is 5.97 Å². The van der Waals surface area contributed by atoms with Gasteiger partial charge in [0, 0.05) is 11.5 Å². The van der Waals surface area contributed by atoms with Gasteiger partial charge >= 0.3 is 5.97 Å². The Hall–Kier alpha value is -1.57. The zero-order valence-electron chi connectivity index (χ0n) is 8.94. The van der Waals surface area contributed by atoms with E-state index >= 15 is 0 Å². The molecule has 2 atom stereocenters. The summed E-state index contributed by atoms with van der Waals surface area (Å²) in [4.78, 5) is 11.4. The molecule has 0 aliphatic carbocycles. The van der Waals surface area contributed by atoms with Crippen molar-refractivity contribution in [3.8, 4) is 0 Å². The molecular weight excluding hydrogens is 188 g/mol. The Labute approximate surface area is 89.6 Å². The van der Waals surface area contributed by atoms with E-state index in [1.54, 1.807) is 6.92 Å². The number of hydrogen-bond acceptors (Lipinski definition) is 2. The molecule has 1 aromatic carbocycles. The van der Waals surface area contributed by atoms with E-state index < -0.39 is 0 Å². The second-order valence-electron chi connectivity index (χ2n) is 3.95. The molecule has 1 aliphatic rings. The minimum Gasteiger partial charge on any atom is -0.454 e. The Morgan fingerprint density at radius 2 is 1.87 bits per heavy atom. The third-order valence-corrected chi connectivity index (χ3v) is 2.67. The summed E-state index contributed by atoms with van der Waals surface area (Å²) >= 11 is 0. The first kappa shape index (κ1) is 9.97. The number of benzene rings is 1. The first-order valence-corrected chi connectivity index (χ1v) is 5.13. The largest absolute Gasteiger partial charge is 0.454 e. The lowest BCUT2D eigenvalue weighted by Crippen LogP contribution is -2.22. The highest BCUT2D eigenvalue weighted by Gasteiger charge is 2.27. The van der Waals surface area contributed by atoms with Crippen molar-refractivity contribution in [2.45, 2.75) is 20.0 Å². The van der Waals surface area contributed by atoms with Crippen LogP contribution in [0.15, 0.2) is 42.0 Å². The van der Waals surface area contributed by atoms with Crippen LogP contribution in [0, 0.1) is 5.92 Å². The van der Waals surface area contributed by atoms with Gasteiger partial charge in [0.15, 0.2) is 0 Å². The Kier molecular flexibility index (Phi) is 2.58. The maximum Gasteiger partial charge on any atom is 0.334 e. The maximum atomic E-state index is 11.4. The molecule has 0 bridgehead atoms. The topological polar surface area (TPSA) is 26.3 Å². The van der Waals surface area contributed by atoms with Gasteiger partial charge in [0.1, 0.15) is 6.10 Å². The lowest BCUT2D eigenvalue weighted by Gasteiger charge is -2.27. The van der Waals surface area contributed by atoms with E-state index in [0.29, 0.717) is 5.57 Å². The van der Waals surface area contributed by atoms with Gasteiger partial charge in [-0.1, -0.05) is 43.3 Å². The normalized spacial score (nSPS) is 25.7. The number of esters is 1. The molecule has 1 aromatic rings. The van der Waals surface area contributed by atoms with Gasteiger partial charge in [-0.05, 0) is 12.5 Å². The van der Waals surface area contributed by atoms with Crippen molar-refractivity contribution < 1.29 is 9.53 Å². The van der Waals surface area contributed by atoms with Gasteiger partial charge in [-0.25, -0.2) is 4.79 Å². The molecule has 1 heterocycles. The quantitative estimate of drug-likeness (QED) is 0.654. The van der Waals surface area contributed by atoms with Gasteiger partial charge in [-0.2, -0.15) is 0 Å². The summed E-state index contributed by atoms with van der Waals surface area (Å²) < 4.78 is 5.39. The summed E-state index contributed by atoms with van der Waals surface area (Å²) in [7, 11) is 0. The zero-order valence-corrected chi connectivity index (χ0v) is 8.94. The molecule has 2 heteroatoms. The summed E-state index contributed by atoms with van der Waals surface area (Å²) in [6.07, 6.45) is 1.84. The van der Waals surface area contributed by atoms with E-state index in [0.717, 1.165) is 5.56 Å². The smallest absolute Gasteiger partial charge is 0.334 e. The molecule has 0 radical (unpaired) electrons. The zero-order chi connectivity index (χ0) is 10.8. The number of carbonyl (C=O) groups excluding carboxylic acids is 1. The van der Waals surface area contributed by atoms with Crippen LogP contribution in [0.5, 0.6) is 0 Å². The highest BCUT2D eigenvalue weighted by molar-refractivity contribution is 5.88. The third-order valence-electron chi connectivity index (χ3n) is 2.67. The van der Waals surface area contributed by atoms with Crippen LogP contribution < -0.4 is 0 Å². The second-order valence-corrected chi connectivity index (χ2v) is 3.95. The van der Waals surface area contributed by atoms with Gasteiger partial charge < -0.3 is 4.74 Å². The first-order valence-electron chi connectivity index (χ1n) is 5.13. The molecule has 78 valence electrons. The van der Waals surface area contributed by atoms with Crippen LogP contribution in [0.25, 0.3) is 0 Å². The predicted octanol–water partition coefficient (Wildman–Crippen LogP) is 2.87. The number of hydrogen-bond donors (Lipinski definition) is 0. The molecule has 0 saturated heterocycles. The highest BCUT2D eigenvalue weighted by atomic mass is 16.5. The number of carbonyl (C=O) groups is 1. The van der Waals surface area contributed by atoms with Crippen molar-refractivity contribution in [3.05, 3.63) is 47.5 Å². The highest BCUT2D eigenvalue weighted by Crippen LogP contribution is 2.32. The number of rotatable bonds is 1. The molecule has 0 unspecified atom stereocenters. The average Bonchev–Trinajstić information content (AvgIpc) is 2.25. The summed E-state index contributed by atoms with van der Waals surface area (Å²) in [5.41, 5.74) is 1.76. The summed E-state index contributed by atoms with van der Waals surface area (Å²) in [6.45, 7) is 3.85. The molecule has 0 fully saturated rings. The fourth-order valence-corrected chi connectivity index (χ4v) is 1.88. The SMILES string of the molecule is CC1=C[C@@H](C)[C@@H](c2ccccc2)OC1=O. The monoisotopic (exact) mass is 202 g/mol. The Morgan fingerprint density at radius 1 is 1.20 bits per heavy atom. The van der Waals surface area contributed by atoms with Gasteiger partial charge in [0.2, 0.25) is 0 Å². The molecular formula is C13H14O2. The average molecular weight is 202 g/mol. The minimum absolute atomic E-state index is 0.137. The molecule has 0 aromatic heterocycles. The van der Waals surface area contributed by atoms with Crippen LogP contribution >= 0.6 is 0 Å². The Morgan fingerprint density at radius 3 is 2.53 bits per heavy atom. The van der Waals surface area contributed by atoms with Crippen LogP contribution in [-0.2, 0) is 9.53 Å². The Balaban J connectivity index is 2.29. The summed E-state index contributed by atoms with van der Waals surface area (Å²) in [6, 6.07) is 9.86. The summed E-state index contributed by atoms with van der Waals surface area (Å²) in [5, 5.41) is 0. The second kappa shape index (κ2) is 3.89. The molecule has 0 N–H and O–H groups in total. The van der Waals surface area contributed by atoms with E-state index in [4.69, 9.17) is 4.74 Å².